The quantitative estimate of drug-likeness (QED) is 0.750. The molecule has 3 nitrogen and oxygen atoms in total. The molecule has 1 heterocycles. The van der Waals surface area contributed by atoms with E-state index < -0.39 is 0 Å². The van der Waals surface area contributed by atoms with E-state index in [1.165, 1.54) is 25.7 Å². The zero-order valence-electron chi connectivity index (χ0n) is 15.4. The maximum Gasteiger partial charge on any atom is 0.167 e. The monoisotopic (exact) mass is 346 g/mol. The Balaban J connectivity index is 1.57. The molecule has 0 radical (unpaired) electrons. The predicted octanol–water partition coefficient (Wildman–Crippen LogP) is 4.79. The molecule has 2 aromatic rings. The van der Waals surface area contributed by atoms with Crippen LogP contribution in [-0.4, -0.2) is 29.8 Å². The molecule has 1 saturated carbocycles. The number of Topliss-reactive ketones (excluding diaryl/α,β-unsaturated/α-hetero) is 1. The van der Waals surface area contributed by atoms with E-state index in [2.05, 4.69) is 17.9 Å². The summed E-state index contributed by atoms with van der Waals surface area (Å²) in [6, 6.07) is 14.4. The highest BCUT2D eigenvalue weighted by atomic mass is 16.1. The third-order valence-electron chi connectivity index (χ3n) is 6.42. The van der Waals surface area contributed by atoms with Crippen LogP contribution >= 0.6 is 0 Å². The molecular weight excluding hydrogens is 320 g/mol. The van der Waals surface area contributed by atoms with E-state index in [-0.39, 0.29) is 11.7 Å². The summed E-state index contributed by atoms with van der Waals surface area (Å²) in [6.45, 7) is 4.29. The Hall–Kier alpha value is -2.18. The van der Waals surface area contributed by atoms with Crippen LogP contribution in [0.4, 0.5) is 0 Å². The first kappa shape index (κ1) is 17.2. The van der Waals surface area contributed by atoms with Crippen molar-refractivity contribution >= 4 is 16.6 Å². The zero-order valence-corrected chi connectivity index (χ0v) is 15.4. The molecule has 0 bridgehead atoms. The fourth-order valence-corrected chi connectivity index (χ4v) is 4.72. The Labute approximate surface area is 155 Å². The number of carbonyl (C=O) groups is 1. The second kappa shape index (κ2) is 7.21. The number of ketones is 1. The second-order valence-electron chi connectivity index (χ2n) is 8.06. The lowest BCUT2D eigenvalue weighted by Gasteiger charge is -2.39. The van der Waals surface area contributed by atoms with Crippen molar-refractivity contribution in [1.29, 1.82) is 5.26 Å². The summed E-state index contributed by atoms with van der Waals surface area (Å²) < 4.78 is 0. The molecule has 2 fully saturated rings. The summed E-state index contributed by atoms with van der Waals surface area (Å²) in [5.41, 5.74) is 1.47. The Morgan fingerprint density at radius 2 is 1.81 bits per heavy atom. The molecule has 0 spiro atoms. The van der Waals surface area contributed by atoms with E-state index in [1.54, 1.807) is 0 Å². The van der Waals surface area contributed by atoms with Crippen LogP contribution in [0.25, 0.3) is 10.8 Å². The van der Waals surface area contributed by atoms with Crippen molar-refractivity contribution in [2.45, 2.75) is 45.1 Å². The van der Waals surface area contributed by atoms with E-state index in [0.29, 0.717) is 17.5 Å². The first-order valence-corrected chi connectivity index (χ1v) is 9.88. The van der Waals surface area contributed by atoms with Crippen LogP contribution in [0.5, 0.6) is 0 Å². The summed E-state index contributed by atoms with van der Waals surface area (Å²) in [7, 11) is 0. The van der Waals surface area contributed by atoms with Gasteiger partial charge < -0.3 is 0 Å². The van der Waals surface area contributed by atoms with Crippen molar-refractivity contribution in [2.75, 3.05) is 13.1 Å². The zero-order chi connectivity index (χ0) is 18.1. The van der Waals surface area contributed by atoms with Crippen molar-refractivity contribution in [3.05, 3.63) is 47.5 Å². The van der Waals surface area contributed by atoms with E-state index in [1.807, 2.05) is 36.4 Å². The van der Waals surface area contributed by atoms with Crippen molar-refractivity contribution in [1.82, 2.24) is 4.90 Å². The number of hydrogen-bond acceptors (Lipinski definition) is 3. The average molecular weight is 346 g/mol. The van der Waals surface area contributed by atoms with Gasteiger partial charge in [-0.25, -0.2) is 0 Å². The van der Waals surface area contributed by atoms with Gasteiger partial charge >= 0.3 is 0 Å². The third kappa shape index (κ3) is 3.27. The topological polar surface area (TPSA) is 44.1 Å². The van der Waals surface area contributed by atoms with Gasteiger partial charge in [-0.05, 0) is 60.7 Å². The third-order valence-corrected chi connectivity index (χ3v) is 6.42. The number of rotatable bonds is 3. The molecule has 2 atom stereocenters. The Morgan fingerprint density at radius 1 is 1.08 bits per heavy atom. The first-order valence-electron chi connectivity index (χ1n) is 9.88. The van der Waals surface area contributed by atoms with Crippen LogP contribution in [0.15, 0.2) is 36.4 Å². The predicted molar refractivity (Wildman–Crippen MR) is 104 cm³/mol. The second-order valence-corrected chi connectivity index (χ2v) is 8.06. The highest BCUT2D eigenvalue weighted by molar-refractivity contribution is 6.01. The molecule has 0 aromatic heterocycles. The van der Waals surface area contributed by atoms with Crippen LogP contribution in [0, 0.1) is 23.2 Å². The van der Waals surface area contributed by atoms with Gasteiger partial charge in [0.15, 0.2) is 5.78 Å². The van der Waals surface area contributed by atoms with Crippen molar-refractivity contribution in [3.63, 3.8) is 0 Å². The van der Waals surface area contributed by atoms with Gasteiger partial charge in [-0.3, -0.25) is 9.69 Å². The fraction of sp³-hybridized carbons (Fsp3) is 0.478. The molecule has 1 aliphatic carbocycles. The van der Waals surface area contributed by atoms with Crippen molar-refractivity contribution in [2.24, 2.45) is 11.8 Å². The number of carbonyl (C=O) groups excluding carboxylic acids is 1. The molecule has 26 heavy (non-hydrogen) atoms. The molecule has 2 unspecified atom stereocenters. The average Bonchev–Trinajstić information content (AvgIpc) is 3.21. The fourth-order valence-electron chi connectivity index (χ4n) is 4.72. The Bertz CT molecular complexity index is 860. The summed E-state index contributed by atoms with van der Waals surface area (Å²) in [5.74, 6) is 0.823. The van der Waals surface area contributed by atoms with Gasteiger partial charge in [0.25, 0.3) is 0 Å². The normalized spacial score (nSPS) is 24.6. The Morgan fingerprint density at radius 3 is 2.58 bits per heavy atom. The summed E-state index contributed by atoms with van der Waals surface area (Å²) in [5, 5.41) is 11.1. The van der Waals surface area contributed by atoms with Crippen molar-refractivity contribution < 1.29 is 4.79 Å². The van der Waals surface area contributed by atoms with Crippen LogP contribution in [0.2, 0.25) is 0 Å². The van der Waals surface area contributed by atoms with E-state index in [9.17, 15) is 4.79 Å². The van der Waals surface area contributed by atoms with Gasteiger partial charge in [0.2, 0.25) is 0 Å². The summed E-state index contributed by atoms with van der Waals surface area (Å²) in [6.07, 6.45) is 6.39. The van der Waals surface area contributed by atoms with Gasteiger partial charge in [-0.2, -0.15) is 5.26 Å². The smallest absolute Gasteiger partial charge is 0.167 e. The highest BCUT2D eigenvalue weighted by Crippen LogP contribution is 2.32. The summed E-state index contributed by atoms with van der Waals surface area (Å²) in [4.78, 5) is 15.8. The molecule has 0 amide bonds. The molecule has 2 aliphatic rings. The molecule has 2 aromatic carbocycles. The van der Waals surface area contributed by atoms with Crippen LogP contribution in [0.3, 0.4) is 0 Å². The number of likely N-dealkylation sites (tertiary alicyclic amines) is 1. The first-order chi connectivity index (χ1) is 12.7. The van der Waals surface area contributed by atoms with Crippen molar-refractivity contribution in [3.8, 4) is 6.07 Å². The molecule has 1 saturated heterocycles. The van der Waals surface area contributed by atoms with Gasteiger partial charge in [-0.1, -0.05) is 38.0 Å². The minimum absolute atomic E-state index is 0.0974. The molecular formula is C23H26N2O. The molecule has 3 heteroatoms. The highest BCUT2D eigenvalue weighted by Gasteiger charge is 2.35. The number of hydrogen-bond donors (Lipinski definition) is 0. The number of nitriles is 1. The van der Waals surface area contributed by atoms with Gasteiger partial charge in [0, 0.05) is 24.1 Å². The molecule has 4 rings (SSSR count). The van der Waals surface area contributed by atoms with Crippen LogP contribution < -0.4 is 0 Å². The van der Waals surface area contributed by atoms with E-state index in [4.69, 9.17) is 5.26 Å². The molecule has 1 aliphatic heterocycles. The minimum Gasteiger partial charge on any atom is -0.300 e. The molecule has 134 valence electrons. The lowest BCUT2D eigenvalue weighted by atomic mass is 9.81. The standard InChI is InChI=1S/C23H26N2O/c1-16-10-11-25(21-4-2-3-5-21)15-22(16)23(26)20-9-8-18-12-17(14-24)6-7-19(18)13-20/h6-9,12-13,16,21-22H,2-5,10-11,15H2,1H3. The number of fused-ring (bicyclic) bond motifs is 1. The maximum absolute atomic E-state index is 13.3. The van der Waals surface area contributed by atoms with Crippen LogP contribution in [-0.2, 0) is 0 Å². The van der Waals surface area contributed by atoms with E-state index >= 15 is 0 Å². The lowest BCUT2D eigenvalue weighted by Crippen LogP contribution is -2.46. The number of piperidine rings is 1. The van der Waals surface area contributed by atoms with Crippen LogP contribution in [0.1, 0.15) is 54.9 Å². The Kier molecular flexibility index (Phi) is 4.78. The summed E-state index contributed by atoms with van der Waals surface area (Å²) >= 11 is 0. The SMILES string of the molecule is CC1CCN(C2CCCC2)CC1C(=O)c1ccc2cc(C#N)ccc2c1. The minimum atomic E-state index is 0.0974. The lowest BCUT2D eigenvalue weighted by molar-refractivity contribution is 0.0622. The number of nitrogens with zero attached hydrogens (tertiary/aromatic N) is 2. The maximum atomic E-state index is 13.3. The number of benzene rings is 2. The molecule has 0 N–H and O–H groups in total. The van der Waals surface area contributed by atoms with Gasteiger partial charge in [-0.15, -0.1) is 0 Å². The van der Waals surface area contributed by atoms with Gasteiger partial charge in [0.1, 0.15) is 0 Å². The van der Waals surface area contributed by atoms with E-state index in [0.717, 1.165) is 35.8 Å². The van der Waals surface area contributed by atoms with Gasteiger partial charge in [0.05, 0.1) is 11.6 Å². The largest absolute Gasteiger partial charge is 0.300 e.